The average molecular weight is 946 g/mol. The van der Waals surface area contributed by atoms with Crippen molar-refractivity contribution in [3.05, 3.63) is 70.8 Å². The Morgan fingerprint density at radius 1 is 0.478 bits per heavy atom. The number of fused-ring (bicyclic) bond motifs is 2. The number of carbonyl (C=O) groups is 2. The van der Waals surface area contributed by atoms with Crippen molar-refractivity contribution in [1.29, 1.82) is 0 Å². The van der Waals surface area contributed by atoms with Crippen molar-refractivity contribution >= 4 is 33.7 Å². The van der Waals surface area contributed by atoms with Crippen LogP contribution in [0.25, 0.3) is 21.8 Å². The van der Waals surface area contributed by atoms with Gasteiger partial charge in [-0.15, -0.1) is 0 Å². The molecule has 0 fully saturated rings. The van der Waals surface area contributed by atoms with E-state index in [0.29, 0.717) is 50.0 Å². The summed E-state index contributed by atoms with van der Waals surface area (Å²) < 4.78 is 91.9. The van der Waals surface area contributed by atoms with Crippen LogP contribution < -0.4 is 14.2 Å². The molecule has 19 nitrogen and oxygen atoms in total. The Morgan fingerprint density at radius 2 is 0.851 bits per heavy atom. The van der Waals surface area contributed by atoms with Crippen molar-refractivity contribution < 1.29 is 85.4 Å². The summed E-state index contributed by atoms with van der Waals surface area (Å²) in [5.74, 6) is -0.350. The van der Waals surface area contributed by atoms with Crippen molar-refractivity contribution in [2.75, 3.05) is 130 Å². The van der Waals surface area contributed by atoms with E-state index in [-0.39, 0.29) is 77.4 Å². The Morgan fingerprint density at radius 3 is 1.21 bits per heavy atom. The van der Waals surface area contributed by atoms with Gasteiger partial charge in [0.2, 0.25) is 12.6 Å². The number of nitrogens with zero attached hydrogens (tertiary/aromatic N) is 1. The molecule has 3 aromatic carbocycles. The van der Waals surface area contributed by atoms with Crippen molar-refractivity contribution in [2.45, 2.75) is 50.8 Å². The minimum atomic E-state index is -0.988. The van der Waals surface area contributed by atoms with Gasteiger partial charge in [-0.3, -0.25) is 0 Å². The topological polar surface area (TPSA) is 195 Å². The molecule has 0 amide bonds. The minimum absolute atomic E-state index is 0.0364. The quantitative estimate of drug-likeness (QED) is 0.0264. The van der Waals surface area contributed by atoms with Crippen LogP contribution in [-0.4, -0.2) is 184 Å². The zero-order chi connectivity index (χ0) is 48.7. The zero-order valence-corrected chi connectivity index (χ0v) is 40.4. The van der Waals surface area contributed by atoms with Crippen LogP contribution >= 0.6 is 0 Å². The van der Waals surface area contributed by atoms with Gasteiger partial charge >= 0.3 is 11.9 Å². The minimum Gasteiger partial charge on any atom is -0.465 e. The molecule has 4 rings (SSSR count). The standard InChI is InChI=1S/C48H67NO18/c1-30-16-32(47(50)60-11)17-31(2)46(30)67-48(51)45-39-18-33(63-43(65-37(24-56-7)25-57-8)28-61-35(20-52-3)21-53-4)12-14-41(39)49-42-15-13-34(19-40(42)45)64-44(66-38(26-58-9)27-59-10)29-62-36(22-54-5)23-55-6/h12-19,35-38,43-44H,20-29H2,1-11H3. The second-order valence-electron chi connectivity index (χ2n) is 15.3. The molecule has 0 radical (unpaired) electrons. The van der Waals surface area contributed by atoms with E-state index < -0.39 is 48.9 Å². The van der Waals surface area contributed by atoms with E-state index in [2.05, 4.69) is 0 Å². The Balaban J connectivity index is 1.87. The fourth-order valence-electron chi connectivity index (χ4n) is 7.15. The summed E-state index contributed by atoms with van der Waals surface area (Å²) in [5.41, 5.74) is 2.44. The Kier molecular flexibility index (Phi) is 24.1. The van der Waals surface area contributed by atoms with Gasteiger partial charge in [-0.25, -0.2) is 14.6 Å². The third kappa shape index (κ3) is 16.8. The molecule has 0 spiro atoms. The first kappa shape index (κ1) is 55.0. The van der Waals surface area contributed by atoms with E-state index in [0.717, 1.165) is 0 Å². The highest BCUT2D eigenvalue weighted by atomic mass is 16.7. The smallest absolute Gasteiger partial charge is 0.344 e. The monoisotopic (exact) mass is 945 g/mol. The number of ether oxygens (including phenoxy) is 16. The first-order valence-corrected chi connectivity index (χ1v) is 21.5. The number of aromatic nitrogens is 1. The molecule has 0 aliphatic carbocycles. The second-order valence-corrected chi connectivity index (χ2v) is 15.3. The summed E-state index contributed by atoms with van der Waals surface area (Å²) in [5, 5.41) is 0.766. The molecular weight excluding hydrogens is 879 g/mol. The molecule has 372 valence electrons. The lowest BCUT2D eigenvalue weighted by Crippen LogP contribution is -2.38. The van der Waals surface area contributed by atoms with Gasteiger partial charge < -0.3 is 75.8 Å². The summed E-state index contributed by atoms with van der Waals surface area (Å²) in [7, 11) is 13.8. The molecule has 0 saturated carbocycles. The van der Waals surface area contributed by atoms with E-state index in [1.54, 1.807) is 119 Å². The summed E-state index contributed by atoms with van der Waals surface area (Å²) in [6.07, 6.45) is -3.88. The van der Waals surface area contributed by atoms with Crippen LogP contribution in [0.5, 0.6) is 17.2 Å². The molecule has 0 aliphatic rings. The van der Waals surface area contributed by atoms with Crippen LogP contribution in [0.15, 0.2) is 48.5 Å². The molecule has 4 aromatic rings. The van der Waals surface area contributed by atoms with E-state index in [9.17, 15) is 9.59 Å². The highest BCUT2D eigenvalue weighted by molar-refractivity contribution is 6.15. The second kappa shape index (κ2) is 29.3. The highest BCUT2D eigenvalue weighted by Gasteiger charge is 2.27. The van der Waals surface area contributed by atoms with Gasteiger partial charge in [0.15, 0.2) is 0 Å². The van der Waals surface area contributed by atoms with E-state index in [1.807, 2.05) is 0 Å². The maximum atomic E-state index is 14.9. The summed E-state index contributed by atoms with van der Waals surface area (Å²) in [6.45, 7) is 5.29. The Hall–Kier alpha value is -4.61. The molecular formula is C48H67NO18. The lowest BCUT2D eigenvalue weighted by molar-refractivity contribution is -0.186. The summed E-state index contributed by atoms with van der Waals surface area (Å²) in [6, 6.07) is 13.4. The van der Waals surface area contributed by atoms with Crippen LogP contribution in [0, 0.1) is 13.8 Å². The van der Waals surface area contributed by atoms with Crippen LogP contribution in [0.4, 0.5) is 0 Å². The van der Waals surface area contributed by atoms with Gasteiger partial charge in [0.05, 0.1) is 82.1 Å². The maximum Gasteiger partial charge on any atom is 0.344 e. The number of hydrogen-bond donors (Lipinski definition) is 0. The fraction of sp³-hybridized carbons (Fsp3) is 0.562. The lowest BCUT2D eigenvalue weighted by Gasteiger charge is -2.27. The number of methoxy groups -OCH3 is 9. The summed E-state index contributed by atoms with van der Waals surface area (Å²) >= 11 is 0. The van der Waals surface area contributed by atoms with Gasteiger partial charge in [0, 0.05) is 67.7 Å². The number of aryl methyl sites for hydroxylation is 2. The third-order valence-electron chi connectivity index (χ3n) is 9.98. The Bertz CT molecular complexity index is 1970. The van der Waals surface area contributed by atoms with Gasteiger partial charge in [0.1, 0.15) is 54.9 Å². The molecule has 67 heavy (non-hydrogen) atoms. The number of rotatable bonds is 33. The number of esters is 2. The van der Waals surface area contributed by atoms with Crippen molar-refractivity contribution in [2.24, 2.45) is 0 Å². The molecule has 19 heteroatoms. The van der Waals surface area contributed by atoms with Crippen LogP contribution in [0.3, 0.4) is 0 Å². The molecule has 0 bridgehead atoms. The van der Waals surface area contributed by atoms with Crippen LogP contribution in [0.2, 0.25) is 0 Å². The predicted octanol–water partition coefficient (Wildman–Crippen LogP) is 5.13. The SMILES string of the molecule is COCC(COC)OCC(Oc1ccc2nc3ccc(OC(COC(COC)COC)OC(COC)COC)cc3c(C(=O)Oc3c(C)cc(C(=O)OC)cc3C)c2c1)OC(COC)COC. The summed E-state index contributed by atoms with van der Waals surface area (Å²) in [4.78, 5) is 32.2. The number of hydrogen-bond acceptors (Lipinski definition) is 19. The van der Waals surface area contributed by atoms with Crippen LogP contribution in [0.1, 0.15) is 31.8 Å². The average Bonchev–Trinajstić information content (AvgIpc) is 3.30. The Labute approximate surface area is 392 Å². The highest BCUT2D eigenvalue weighted by Crippen LogP contribution is 2.34. The zero-order valence-electron chi connectivity index (χ0n) is 40.4. The maximum absolute atomic E-state index is 14.9. The molecule has 0 saturated heterocycles. The predicted molar refractivity (Wildman–Crippen MR) is 245 cm³/mol. The molecule has 1 heterocycles. The van der Waals surface area contributed by atoms with Gasteiger partial charge in [-0.1, -0.05) is 0 Å². The first-order valence-electron chi connectivity index (χ1n) is 21.5. The molecule has 2 unspecified atom stereocenters. The van der Waals surface area contributed by atoms with E-state index in [1.165, 1.54) is 7.11 Å². The number of pyridine rings is 1. The van der Waals surface area contributed by atoms with Crippen molar-refractivity contribution in [3.8, 4) is 17.2 Å². The largest absolute Gasteiger partial charge is 0.465 e. The van der Waals surface area contributed by atoms with Crippen molar-refractivity contribution in [1.82, 2.24) is 4.98 Å². The molecule has 2 atom stereocenters. The van der Waals surface area contributed by atoms with E-state index in [4.69, 9.17) is 80.8 Å². The fourth-order valence-corrected chi connectivity index (χ4v) is 7.15. The molecule has 1 aromatic heterocycles. The number of carbonyl (C=O) groups excluding carboxylic acids is 2. The normalized spacial score (nSPS) is 12.8. The third-order valence-corrected chi connectivity index (χ3v) is 9.98. The number of benzene rings is 3. The van der Waals surface area contributed by atoms with Gasteiger partial charge in [-0.05, 0) is 73.5 Å². The molecule has 0 N–H and O–H groups in total. The first-order chi connectivity index (χ1) is 32.4. The lowest BCUT2D eigenvalue weighted by atomic mass is 10.0. The van der Waals surface area contributed by atoms with Gasteiger partial charge in [-0.2, -0.15) is 0 Å². The van der Waals surface area contributed by atoms with Crippen molar-refractivity contribution in [3.63, 3.8) is 0 Å². The van der Waals surface area contributed by atoms with Crippen LogP contribution in [-0.2, 0) is 61.6 Å². The van der Waals surface area contributed by atoms with Gasteiger partial charge in [0.25, 0.3) is 0 Å². The molecule has 0 aliphatic heterocycles. The van der Waals surface area contributed by atoms with E-state index >= 15 is 0 Å².